The summed E-state index contributed by atoms with van der Waals surface area (Å²) in [5.74, 6) is 0. The minimum atomic E-state index is 0.869. The predicted molar refractivity (Wildman–Crippen MR) is 153 cm³/mol. The third-order valence-corrected chi connectivity index (χ3v) is 5.97. The number of nitrogens with one attached hydrogen (secondary N) is 1. The van der Waals surface area contributed by atoms with Crippen LogP contribution in [-0.4, -0.2) is 0 Å². The monoisotopic (exact) mass is 455 g/mol. The van der Waals surface area contributed by atoms with E-state index >= 15 is 0 Å². The second-order valence-corrected chi connectivity index (χ2v) is 8.25. The molecule has 0 bridgehead atoms. The van der Waals surface area contributed by atoms with Gasteiger partial charge >= 0.3 is 0 Å². The van der Waals surface area contributed by atoms with Gasteiger partial charge in [0.05, 0.1) is 0 Å². The van der Waals surface area contributed by atoms with Crippen molar-refractivity contribution in [1.82, 2.24) is 0 Å². The van der Waals surface area contributed by atoms with E-state index in [1.165, 1.54) is 39.1 Å². The molecule has 3 aromatic rings. The molecule has 2 aliphatic carbocycles. The molecular formula is C34H33N. The van der Waals surface area contributed by atoms with Crippen LogP contribution in [0.3, 0.4) is 0 Å². The van der Waals surface area contributed by atoms with E-state index in [4.69, 9.17) is 0 Å². The fraction of sp³-hybridized carbons (Fsp3) is 0.118. The molecule has 0 fully saturated rings. The topological polar surface area (TPSA) is 12.0 Å². The van der Waals surface area contributed by atoms with E-state index < -0.39 is 0 Å². The predicted octanol–water partition coefficient (Wildman–Crippen LogP) is 9.67. The molecule has 1 heteroatoms. The van der Waals surface area contributed by atoms with Gasteiger partial charge in [-0.05, 0) is 52.5 Å². The third-order valence-electron chi connectivity index (χ3n) is 5.97. The second-order valence-electron chi connectivity index (χ2n) is 8.25. The van der Waals surface area contributed by atoms with Crippen LogP contribution < -0.4 is 5.32 Å². The fourth-order valence-corrected chi connectivity index (χ4v) is 4.22. The molecule has 35 heavy (non-hydrogen) atoms. The van der Waals surface area contributed by atoms with Crippen molar-refractivity contribution in [3.8, 4) is 22.3 Å². The normalized spacial score (nSPS) is 14.5. The first-order chi connectivity index (χ1) is 17.4. The highest BCUT2D eigenvalue weighted by molar-refractivity contribution is 5.84. The van der Waals surface area contributed by atoms with Gasteiger partial charge in [0.25, 0.3) is 0 Å². The number of hydrogen-bond donors (Lipinski definition) is 1. The Hall–Kier alpha value is -4.10. The molecule has 1 nitrogen and oxygen atoms in total. The number of hydrogen-bond acceptors (Lipinski definition) is 1. The molecule has 5 rings (SSSR count). The van der Waals surface area contributed by atoms with Crippen LogP contribution in [0.4, 0.5) is 5.69 Å². The molecule has 0 spiro atoms. The van der Waals surface area contributed by atoms with Gasteiger partial charge in [0.2, 0.25) is 0 Å². The molecule has 0 unspecified atom stereocenters. The van der Waals surface area contributed by atoms with E-state index in [9.17, 15) is 0 Å². The van der Waals surface area contributed by atoms with Gasteiger partial charge in [0.1, 0.15) is 0 Å². The fourth-order valence-electron chi connectivity index (χ4n) is 4.22. The molecule has 0 amide bonds. The summed E-state index contributed by atoms with van der Waals surface area (Å²) in [7, 11) is 0. The summed E-state index contributed by atoms with van der Waals surface area (Å²) in [6, 6.07) is 27.9. The van der Waals surface area contributed by atoms with Gasteiger partial charge in [0.15, 0.2) is 0 Å². The second kappa shape index (κ2) is 12.4. The summed E-state index contributed by atoms with van der Waals surface area (Å²) >= 11 is 0. The molecule has 0 atom stereocenters. The summed E-state index contributed by atoms with van der Waals surface area (Å²) in [6.45, 7) is 4.00. The lowest BCUT2D eigenvalue weighted by molar-refractivity contribution is 1.22. The Morgan fingerprint density at radius 3 is 2.11 bits per heavy atom. The van der Waals surface area contributed by atoms with Gasteiger partial charge in [-0.2, -0.15) is 0 Å². The zero-order valence-electron chi connectivity index (χ0n) is 20.6. The van der Waals surface area contributed by atoms with Crippen molar-refractivity contribution in [2.45, 2.75) is 26.7 Å². The van der Waals surface area contributed by atoms with Crippen molar-refractivity contribution in [2.75, 3.05) is 5.32 Å². The zero-order chi connectivity index (χ0) is 24.3. The van der Waals surface area contributed by atoms with Crippen molar-refractivity contribution < 1.29 is 0 Å². The molecule has 0 saturated heterocycles. The first-order valence-corrected chi connectivity index (χ1v) is 12.5. The lowest BCUT2D eigenvalue weighted by Gasteiger charge is -2.16. The van der Waals surface area contributed by atoms with Crippen LogP contribution in [0.15, 0.2) is 150 Å². The highest BCUT2D eigenvalue weighted by Crippen LogP contribution is 2.34. The standard InChI is InChI=1S/C32H27N.C2H6/c1-2-6-13-25(12-5-1)27-18-11-19-30(22-20-27)33-32-23-21-29(26-14-7-3-8-15-26)24-31(32)28-16-9-4-10-17-28;1-2/h1-12,14-18,20-24,33H,13,19H2;1-2H3. The summed E-state index contributed by atoms with van der Waals surface area (Å²) in [6.07, 6.45) is 21.5. The quantitative estimate of drug-likeness (QED) is 0.404. The van der Waals surface area contributed by atoms with Crippen LogP contribution in [0.5, 0.6) is 0 Å². The Labute approximate surface area is 210 Å². The molecule has 0 aromatic heterocycles. The zero-order valence-corrected chi connectivity index (χ0v) is 20.6. The van der Waals surface area contributed by atoms with E-state index in [0.717, 1.165) is 18.5 Å². The molecule has 0 aliphatic heterocycles. The highest BCUT2D eigenvalue weighted by atomic mass is 14.9. The summed E-state index contributed by atoms with van der Waals surface area (Å²) in [5.41, 5.74) is 9.78. The van der Waals surface area contributed by atoms with Crippen LogP contribution in [0.1, 0.15) is 26.7 Å². The molecule has 0 radical (unpaired) electrons. The lowest BCUT2D eigenvalue weighted by atomic mass is 9.97. The van der Waals surface area contributed by atoms with Crippen LogP contribution in [0.25, 0.3) is 22.3 Å². The van der Waals surface area contributed by atoms with Crippen LogP contribution in [0.2, 0.25) is 0 Å². The average molecular weight is 456 g/mol. The molecule has 0 saturated carbocycles. The summed E-state index contributed by atoms with van der Waals surface area (Å²) in [5, 5.41) is 3.72. The maximum Gasteiger partial charge on any atom is 0.0462 e. The minimum Gasteiger partial charge on any atom is -0.358 e. The molecule has 0 heterocycles. The van der Waals surface area contributed by atoms with Crippen LogP contribution in [-0.2, 0) is 0 Å². The molecular weight excluding hydrogens is 422 g/mol. The Bertz CT molecular complexity index is 1300. The third kappa shape index (κ3) is 6.28. The Morgan fingerprint density at radius 2 is 1.34 bits per heavy atom. The highest BCUT2D eigenvalue weighted by Gasteiger charge is 2.10. The van der Waals surface area contributed by atoms with Crippen molar-refractivity contribution in [3.63, 3.8) is 0 Å². The molecule has 3 aromatic carbocycles. The summed E-state index contributed by atoms with van der Waals surface area (Å²) < 4.78 is 0. The van der Waals surface area contributed by atoms with Crippen molar-refractivity contribution >= 4 is 5.69 Å². The van der Waals surface area contributed by atoms with Gasteiger partial charge < -0.3 is 5.32 Å². The van der Waals surface area contributed by atoms with Crippen molar-refractivity contribution in [2.24, 2.45) is 0 Å². The number of allylic oxidation sites excluding steroid dienone is 11. The van der Waals surface area contributed by atoms with Gasteiger partial charge in [-0.15, -0.1) is 0 Å². The van der Waals surface area contributed by atoms with Gasteiger partial charge in [-0.25, -0.2) is 0 Å². The van der Waals surface area contributed by atoms with E-state index in [1.807, 2.05) is 13.8 Å². The smallest absolute Gasteiger partial charge is 0.0462 e. The molecule has 2 aliphatic rings. The SMILES string of the molecule is C1=CC=C(C2=CC=C(Nc3ccc(-c4ccccc4)cc3-c3ccccc3)CC=C2)CC=C1.CC. The maximum atomic E-state index is 3.72. The van der Waals surface area contributed by atoms with Crippen molar-refractivity contribution in [3.05, 3.63) is 150 Å². The van der Waals surface area contributed by atoms with Gasteiger partial charge in [-0.3, -0.25) is 0 Å². The van der Waals surface area contributed by atoms with Gasteiger partial charge in [0, 0.05) is 23.4 Å². The van der Waals surface area contributed by atoms with Gasteiger partial charge in [-0.1, -0.05) is 129 Å². The largest absolute Gasteiger partial charge is 0.358 e. The summed E-state index contributed by atoms with van der Waals surface area (Å²) in [4.78, 5) is 0. The van der Waals surface area contributed by atoms with Crippen molar-refractivity contribution in [1.29, 1.82) is 0 Å². The maximum absolute atomic E-state index is 3.72. The molecule has 1 N–H and O–H groups in total. The average Bonchev–Trinajstić information content (AvgIpc) is 3.34. The van der Waals surface area contributed by atoms with E-state index in [2.05, 4.69) is 139 Å². The van der Waals surface area contributed by atoms with E-state index in [0.29, 0.717) is 0 Å². The Balaban J connectivity index is 0.00000141. The first kappa shape index (κ1) is 24.0. The minimum absolute atomic E-state index is 0.869. The first-order valence-electron chi connectivity index (χ1n) is 12.5. The Morgan fingerprint density at radius 1 is 0.600 bits per heavy atom. The Kier molecular flexibility index (Phi) is 8.51. The lowest BCUT2D eigenvalue weighted by Crippen LogP contribution is -2.00. The van der Waals surface area contributed by atoms with E-state index in [1.54, 1.807) is 0 Å². The number of benzene rings is 3. The van der Waals surface area contributed by atoms with Crippen LogP contribution >= 0.6 is 0 Å². The number of rotatable bonds is 5. The van der Waals surface area contributed by atoms with E-state index in [-0.39, 0.29) is 0 Å². The molecule has 174 valence electrons. The van der Waals surface area contributed by atoms with Crippen LogP contribution in [0, 0.1) is 0 Å². The number of anilines is 1.